The first-order valence-electron chi connectivity index (χ1n) is 5.67. The molecule has 4 heteroatoms. The van der Waals surface area contributed by atoms with Crippen molar-refractivity contribution in [2.24, 2.45) is 18.9 Å². The number of ether oxygens (including phenoxy) is 1. The van der Waals surface area contributed by atoms with E-state index >= 15 is 0 Å². The summed E-state index contributed by atoms with van der Waals surface area (Å²) in [6, 6.07) is 1.91. The van der Waals surface area contributed by atoms with Crippen LogP contribution < -0.4 is 0 Å². The third kappa shape index (κ3) is 2.83. The van der Waals surface area contributed by atoms with E-state index in [4.69, 9.17) is 4.74 Å². The zero-order valence-electron chi connectivity index (χ0n) is 10.8. The molecule has 0 radical (unpaired) electrons. The molecule has 1 heterocycles. The van der Waals surface area contributed by atoms with E-state index in [1.54, 1.807) is 11.8 Å². The molecule has 1 aromatic rings. The van der Waals surface area contributed by atoms with E-state index in [0.717, 1.165) is 11.4 Å². The zero-order chi connectivity index (χ0) is 12.3. The predicted octanol–water partition coefficient (Wildman–Crippen LogP) is 1.89. The SMILES string of the molecule is COCc1cc(C(O)C(C)C(C)C)n(C)n1. The average molecular weight is 226 g/mol. The van der Waals surface area contributed by atoms with Crippen molar-refractivity contribution in [1.29, 1.82) is 0 Å². The van der Waals surface area contributed by atoms with Crippen LogP contribution in [0, 0.1) is 11.8 Å². The highest BCUT2D eigenvalue weighted by atomic mass is 16.5. The van der Waals surface area contributed by atoms with E-state index in [1.165, 1.54) is 0 Å². The monoisotopic (exact) mass is 226 g/mol. The third-order valence-electron chi connectivity index (χ3n) is 3.11. The third-order valence-corrected chi connectivity index (χ3v) is 3.11. The molecule has 0 aliphatic carbocycles. The normalized spacial score (nSPS) is 15.4. The second-order valence-electron chi connectivity index (χ2n) is 4.67. The first-order chi connectivity index (χ1) is 7.47. The largest absolute Gasteiger partial charge is 0.387 e. The van der Waals surface area contributed by atoms with E-state index in [9.17, 15) is 5.11 Å². The van der Waals surface area contributed by atoms with Crippen LogP contribution in [0.5, 0.6) is 0 Å². The lowest BCUT2D eigenvalue weighted by atomic mass is 9.90. The van der Waals surface area contributed by atoms with Gasteiger partial charge in [0.15, 0.2) is 0 Å². The van der Waals surface area contributed by atoms with Crippen LogP contribution in [0.1, 0.15) is 38.3 Å². The molecular formula is C12H22N2O2. The van der Waals surface area contributed by atoms with E-state index in [2.05, 4.69) is 25.9 Å². The summed E-state index contributed by atoms with van der Waals surface area (Å²) in [5.74, 6) is 0.654. The molecule has 0 saturated carbocycles. The highest BCUT2D eigenvalue weighted by molar-refractivity contribution is 5.13. The summed E-state index contributed by atoms with van der Waals surface area (Å²) in [5, 5.41) is 14.5. The van der Waals surface area contributed by atoms with E-state index < -0.39 is 6.10 Å². The number of hydrogen-bond donors (Lipinski definition) is 1. The van der Waals surface area contributed by atoms with Crippen LogP contribution in [0.15, 0.2) is 6.07 Å². The molecule has 0 amide bonds. The highest BCUT2D eigenvalue weighted by Gasteiger charge is 2.22. The Bertz CT molecular complexity index is 334. The maximum atomic E-state index is 10.2. The minimum Gasteiger partial charge on any atom is -0.387 e. The molecule has 0 saturated heterocycles. The molecule has 0 spiro atoms. The van der Waals surface area contributed by atoms with Crippen LogP contribution in [0.3, 0.4) is 0 Å². The van der Waals surface area contributed by atoms with Gasteiger partial charge in [0, 0.05) is 14.2 Å². The van der Waals surface area contributed by atoms with Gasteiger partial charge < -0.3 is 9.84 Å². The summed E-state index contributed by atoms with van der Waals surface area (Å²) >= 11 is 0. The standard InChI is InChI=1S/C12H22N2O2/c1-8(2)9(3)12(15)11-6-10(7-16-5)13-14(11)4/h6,8-9,12,15H,7H2,1-5H3. The zero-order valence-corrected chi connectivity index (χ0v) is 10.8. The summed E-state index contributed by atoms with van der Waals surface area (Å²) in [4.78, 5) is 0. The van der Waals surface area contributed by atoms with Crippen LogP contribution in [-0.2, 0) is 18.4 Å². The Morgan fingerprint density at radius 1 is 1.44 bits per heavy atom. The molecule has 4 nitrogen and oxygen atoms in total. The number of nitrogens with zero attached hydrogens (tertiary/aromatic N) is 2. The minimum absolute atomic E-state index is 0.214. The molecule has 0 aliphatic rings. The number of rotatable bonds is 5. The lowest BCUT2D eigenvalue weighted by Gasteiger charge is -2.22. The van der Waals surface area contributed by atoms with Gasteiger partial charge in [0.2, 0.25) is 0 Å². The number of aliphatic hydroxyl groups is 1. The van der Waals surface area contributed by atoms with Gasteiger partial charge in [-0.25, -0.2) is 0 Å². The highest BCUT2D eigenvalue weighted by Crippen LogP contribution is 2.27. The number of aliphatic hydroxyl groups excluding tert-OH is 1. The molecule has 2 unspecified atom stereocenters. The Hall–Kier alpha value is -0.870. The Morgan fingerprint density at radius 3 is 2.56 bits per heavy atom. The second-order valence-corrected chi connectivity index (χ2v) is 4.67. The Kier molecular flexibility index (Phi) is 4.50. The molecule has 0 aromatic carbocycles. The summed E-state index contributed by atoms with van der Waals surface area (Å²) in [7, 11) is 3.49. The van der Waals surface area contributed by atoms with Crippen LogP contribution >= 0.6 is 0 Å². The van der Waals surface area contributed by atoms with Gasteiger partial charge in [-0.1, -0.05) is 20.8 Å². The Morgan fingerprint density at radius 2 is 2.06 bits per heavy atom. The van der Waals surface area contributed by atoms with Crippen molar-refractivity contribution in [3.05, 3.63) is 17.5 Å². The molecule has 1 N–H and O–H groups in total. The van der Waals surface area contributed by atoms with Gasteiger partial charge in [-0.05, 0) is 17.9 Å². The lowest BCUT2D eigenvalue weighted by Crippen LogP contribution is -2.17. The van der Waals surface area contributed by atoms with Gasteiger partial charge >= 0.3 is 0 Å². The van der Waals surface area contributed by atoms with Crippen molar-refractivity contribution in [3.8, 4) is 0 Å². The van der Waals surface area contributed by atoms with Crippen LogP contribution in [-0.4, -0.2) is 22.0 Å². The van der Waals surface area contributed by atoms with Crippen LogP contribution in [0.2, 0.25) is 0 Å². The van der Waals surface area contributed by atoms with Crippen molar-refractivity contribution in [3.63, 3.8) is 0 Å². The lowest BCUT2D eigenvalue weighted by molar-refractivity contribution is 0.0846. The predicted molar refractivity (Wildman–Crippen MR) is 62.9 cm³/mol. The molecule has 1 rings (SSSR count). The molecule has 16 heavy (non-hydrogen) atoms. The number of hydrogen-bond acceptors (Lipinski definition) is 3. The number of aryl methyl sites for hydroxylation is 1. The van der Waals surface area contributed by atoms with Crippen molar-refractivity contribution in [2.75, 3.05) is 7.11 Å². The van der Waals surface area contributed by atoms with E-state index in [0.29, 0.717) is 12.5 Å². The fourth-order valence-electron chi connectivity index (χ4n) is 1.67. The van der Waals surface area contributed by atoms with Crippen molar-refractivity contribution in [2.45, 2.75) is 33.5 Å². The first-order valence-corrected chi connectivity index (χ1v) is 5.67. The molecule has 0 bridgehead atoms. The summed E-state index contributed by atoms with van der Waals surface area (Å²) in [6.07, 6.45) is -0.469. The Balaban J connectivity index is 2.86. The summed E-state index contributed by atoms with van der Waals surface area (Å²) in [6.45, 7) is 6.76. The van der Waals surface area contributed by atoms with Gasteiger partial charge in [-0.15, -0.1) is 0 Å². The molecule has 2 atom stereocenters. The van der Waals surface area contributed by atoms with Gasteiger partial charge in [-0.3, -0.25) is 4.68 Å². The van der Waals surface area contributed by atoms with E-state index in [-0.39, 0.29) is 5.92 Å². The fourth-order valence-corrected chi connectivity index (χ4v) is 1.67. The molecule has 92 valence electrons. The van der Waals surface area contributed by atoms with Crippen LogP contribution in [0.25, 0.3) is 0 Å². The average Bonchev–Trinajstić information content (AvgIpc) is 2.58. The van der Waals surface area contributed by atoms with Crippen LogP contribution in [0.4, 0.5) is 0 Å². The quantitative estimate of drug-likeness (QED) is 0.834. The molecule has 0 fully saturated rings. The Labute approximate surface area is 97.2 Å². The topological polar surface area (TPSA) is 47.3 Å². The maximum absolute atomic E-state index is 10.2. The minimum atomic E-state index is -0.469. The number of aromatic nitrogens is 2. The van der Waals surface area contributed by atoms with Gasteiger partial charge in [0.05, 0.1) is 24.1 Å². The molecular weight excluding hydrogens is 204 g/mol. The van der Waals surface area contributed by atoms with Gasteiger partial charge in [0.1, 0.15) is 0 Å². The smallest absolute Gasteiger partial charge is 0.0984 e. The van der Waals surface area contributed by atoms with Crippen molar-refractivity contribution in [1.82, 2.24) is 9.78 Å². The second kappa shape index (κ2) is 5.46. The van der Waals surface area contributed by atoms with Gasteiger partial charge in [0.25, 0.3) is 0 Å². The van der Waals surface area contributed by atoms with Crippen molar-refractivity contribution < 1.29 is 9.84 Å². The van der Waals surface area contributed by atoms with Gasteiger partial charge in [-0.2, -0.15) is 5.10 Å². The summed E-state index contributed by atoms with van der Waals surface area (Å²) < 4.78 is 6.76. The molecule has 0 aliphatic heterocycles. The first kappa shape index (κ1) is 13.2. The molecule has 1 aromatic heterocycles. The number of methoxy groups -OCH3 is 1. The van der Waals surface area contributed by atoms with E-state index in [1.807, 2.05) is 13.1 Å². The maximum Gasteiger partial charge on any atom is 0.0984 e. The van der Waals surface area contributed by atoms with Crippen molar-refractivity contribution >= 4 is 0 Å². The fraction of sp³-hybridized carbons (Fsp3) is 0.750. The summed E-state index contributed by atoms with van der Waals surface area (Å²) in [5.41, 5.74) is 1.71.